The number of amides is 1. The van der Waals surface area contributed by atoms with E-state index in [9.17, 15) is 14.7 Å². The summed E-state index contributed by atoms with van der Waals surface area (Å²) in [4.78, 5) is 25.7. The van der Waals surface area contributed by atoms with Gasteiger partial charge in [0.15, 0.2) is 0 Å². The van der Waals surface area contributed by atoms with E-state index in [4.69, 9.17) is 4.74 Å². The summed E-state index contributed by atoms with van der Waals surface area (Å²) in [5, 5.41) is 9.25. The molecule has 20 heavy (non-hydrogen) atoms. The van der Waals surface area contributed by atoms with E-state index in [-0.39, 0.29) is 0 Å². The third-order valence-electron chi connectivity index (χ3n) is 3.76. The molecule has 0 spiro atoms. The number of rotatable bonds is 4. The highest BCUT2D eigenvalue weighted by atomic mass is 16.5. The first-order chi connectivity index (χ1) is 9.47. The van der Waals surface area contributed by atoms with Crippen molar-refractivity contribution in [3.63, 3.8) is 0 Å². The molecule has 1 aromatic rings. The van der Waals surface area contributed by atoms with Crippen LogP contribution in [0.25, 0.3) is 0 Å². The molecule has 108 valence electrons. The van der Waals surface area contributed by atoms with Gasteiger partial charge in [-0.3, -0.25) is 9.69 Å². The molecule has 0 saturated heterocycles. The second-order valence-electron chi connectivity index (χ2n) is 5.15. The van der Waals surface area contributed by atoms with Crippen molar-refractivity contribution in [2.45, 2.75) is 32.2 Å². The van der Waals surface area contributed by atoms with Crippen LogP contribution in [0.15, 0.2) is 18.2 Å². The number of ether oxygens (including phenoxy) is 1. The van der Waals surface area contributed by atoms with E-state index in [1.54, 1.807) is 0 Å². The first-order valence-corrected chi connectivity index (χ1v) is 6.56. The highest BCUT2D eigenvalue weighted by molar-refractivity contribution is 6.05. The zero-order valence-corrected chi connectivity index (χ0v) is 12.0. The van der Waals surface area contributed by atoms with Crippen LogP contribution in [-0.4, -0.2) is 36.2 Å². The van der Waals surface area contributed by atoms with E-state index in [0.29, 0.717) is 18.5 Å². The third-order valence-corrected chi connectivity index (χ3v) is 3.76. The maximum atomic E-state index is 12.2. The van der Waals surface area contributed by atoms with Gasteiger partial charge in [0.2, 0.25) is 0 Å². The Labute approximate surface area is 118 Å². The molecule has 0 radical (unpaired) electrons. The van der Waals surface area contributed by atoms with Crippen molar-refractivity contribution in [2.24, 2.45) is 0 Å². The number of aliphatic hydroxyl groups excluding tert-OH is 1. The van der Waals surface area contributed by atoms with Crippen LogP contribution in [0.1, 0.15) is 24.0 Å². The highest BCUT2D eigenvalue weighted by Gasteiger charge is 2.58. The van der Waals surface area contributed by atoms with Crippen LogP contribution in [0, 0.1) is 13.8 Å². The standard InChI is InChI=1S/C15H19NO4/c1-10-5-4-6-11(2)13(10)16(12(18)9-17)15(7-8-15)14(19)20-3/h4-6,17H,7-9H2,1-3H3. The number of aryl methyl sites for hydroxylation is 2. The normalized spacial score (nSPS) is 15.6. The number of benzene rings is 1. The second-order valence-corrected chi connectivity index (χ2v) is 5.15. The molecule has 0 unspecified atom stereocenters. The molecule has 0 atom stereocenters. The predicted molar refractivity (Wildman–Crippen MR) is 74.5 cm³/mol. The molecule has 1 fully saturated rings. The van der Waals surface area contributed by atoms with Crippen LogP contribution < -0.4 is 4.90 Å². The van der Waals surface area contributed by atoms with Crippen molar-refractivity contribution in [3.05, 3.63) is 29.3 Å². The Bertz CT molecular complexity index is 529. The number of hydrogen-bond donors (Lipinski definition) is 1. The summed E-state index contributed by atoms with van der Waals surface area (Å²) >= 11 is 0. The van der Waals surface area contributed by atoms with E-state index in [1.165, 1.54) is 12.0 Å². The molecule has 0 bridgehead atoms. The minimum absolute atomic E-state index is 0.429. The number of hydrogen-bond acceptors (Lipinski definition) is 4. The summed E-state index contributed by atoms with van der Waals surface area (Å²) in [5.74, 6) is -0.910. The highest BCUT2D eigenvalue weighted by Crippen LogP contribution is 2.46. The number of methoxy groups -OCH3 is 1. The molecule has 2 rings (SSSR count). The number of aliphatic hydroxyl groups is 1. The molecule has 0 aromatic heterocycles. The fraction of sp³-hybridized carbons (Fsp3) is 0.467. The Morgan fingerprint density at radius 1 is 1.30 bits per heavy atom. The van der Waals surface area contributed by atoms with Gasteiger partial charge in [0, 0.05) is 0 Å². The van der Waals surface area contributed by atoms with E-state index >= 15 is 0 Å². The molecule has 1 aliphatic rings. The smallest absolute Gasteiger partial charge is 0.332 e. The van der Waals surface area contributed by atoms with Crippen molar-refractivity contribution in [1.82, 2.24) is 0 Å². The lowest BCUT2D eigenvalue weighted by molar-refractivity contribution is -0.145. The lowest BCUT2D eigenvalue weighted by atomic mass is 10.0. The largest absolute Gasteiger partial charge is 0.467 e. The molecular weight excluding hydrogens is 258 g/mol. The minimum atomic E-state index is -0.953. The topological polar surface area (TPSA) is 66.8 Å². The quantitative estimate of drug-likeness (QED) is 0.843. The van der Waals surface area contributed by atoms with Crippen molar-refractivity contribution < 1.29 is 19.4 Å². The second kappa shape index (κ2) is 5.25. The van der Waals surface area contributed by atoms with Gasteiger partial charge >= 0.3 is 5.97 Å². The van der Waals surface area contributed by atoms with E-state index in [1.807, 2.05) is 32.0 Å². The Morgan fingerprint density at radius 3 is 2.25 bits per heavy atom. The lowest BCUT2D eigenvalue weighted by Crippen LogP contribution is -2.50. The Kier molecular flexibility index (Phi) is 3.81. The van der Waals surface area contributed by atoms with Gasteiger partial charge in [0.05, 0.1) is 12.8 Å². The molecular formula is C15H19NO4. The first-order valence-electron chi connectivity index (χ1n) is 6.56. The summed E-state index contributed by atoms with van der Waals surface area (Å²) < 4.78 is 4.84. The fourth-order valence-electron chi connectivity index (χ4n) is 2.63. The summed E-state index contributed by atoms with van der Waals surface area (Å²) in [6.07, 6.45) is 1.11. The van der Waals surface area contributed by atoms with Crippen molar-refractivity contribution in [3.8, 4) is 0 Å². The number of esters is 1. The Balaban J connectivity index is 2.55. The van der Waals surface area contributed by atoms with Crippen LogP contribution in [0.4, 0.5) is 5.69 Å². The number of carbonyl (C=O) groups is 2. The number of para-hydroxylation sites is 1. The van der Waals surface area contributed by atoms with Crippen LogP contribution in [-0.2, 0) is 14.3 Å². The van der Waals surface area contributed by atoms with E-state index in [2.05, 4.69) is 0 Å². The monoisotopic (exact) mass is 277 g/mol. The van der Waals surface area contributed by atoms with Gasteiger partial charge in [-0.2, -0.15) is 0 Å². The lowest BCUT2D eigenvalue weighted by Gasteiger charge is -2.32. The average Bonchev–Trinajstić information content (AvgIpc) is 3.22. The minimum Gasteiger partial charge on any atom is -0.467 e. The Morgan fingerprint density at radius 2 is 1.85 bits per heavy atom. The van der Waals surface area contributed by atoms with Gasteiger partial charge in [-0.1, -0.05) is 18.2 Å². The molecule has 5 nitrogen and oxygen atoms in total. The van der Waals surface area contributed by atoms with Crippen LogP contribution >= 0.6 is 0 Å². The summed E-state index contributed by atoms with van der Waals surface area (Å²) in [6.45, 7) is 3.13. The maximum Gasteiger partial charge on any atom is 0.332 e. The zero-order chi connectivity index (χ0) is 14.9. The molecule has 1 aromatic carbocycles. The molecule has 1 saturated carbocycles. The number of anilines is 1. The maximum absolute atomic E-state index is 12.2. The molecule has 0 aliphatic heterocycles. The summed E-state index contributed by atoms with van der Waals surface area (Å²) in [5.41, 5.74) is 1.52. The third kappa shape index (κ3) is 2.18. The fourth-order valence-corrected chi connectivity index (χ4v) is 2.63. The summed E-state index contributed by atoms with van der Waals surface area (Å²) in [6, 6.07) is 5.66. The molecule has 5 heteroatoms. The van der Waals surface area contributed by atoms with Gasteiger partial charge in [0.25, 0.3) is 5.91 Å². The van der Waals surface area contributed by atoms with Gasteiger partial charge in [-0.25, -0.2) is 4.79 Å². The van der Waals surface area contributed by atoms with Crippen LogP contribution in [0.3, 0.4) is 0 Å². The van der Waals surface area contributed by atoms with E-state index in [0.717, 1.165) is 11.1 Å². The van der Waals surface area contributed by atoms with Crippen molar-refractivity contribution >= 4 is 17.6 Å². The van der Waals surface area contributed by atoms with Crippen molar-refractivity contribution in [2.75, 3.05) is 18.6 Å². The zero-order valence-electron chi connectivity index (χ0n) is 12.0. The van der Waals surface area contributed by atoms with Crippen LogP contribution in [0.2, 0.25) is 0 Å². The number of nitrogens with zero attached hydrogens (tertiary/aromatic N) is 1. The molecule has 1 amide bonds. The average molecular weight is 277 g/mol. The predicted octanol–water partition coefficient (Wildman–Crippen LogP) is 1.33. The van der Waals surface area contributed by atoms with Gasteiger partial charge in [-0.15, -0.1) is 0 Å². The van der Waals surface area contributed by atoms with Crippen molar-refractivity contribution in [1.29, 1.82) is 0 Å². The van der Waals surface area contributed by atoms with Gasteiger partial charge in [-0.05, 0) is 37.8 Å². The van der Waals surface area contributed by atoms with Gasteiger partial charge in [0.1, 0.15) is 12.1 Å². The van der Waals surface area contributed by atoms with Crippen LogP contribution in [0.5, 0.6) is 0 Å². The Hall–Kier alpha value is -1.88. The summed E-state index contributed by atoms with van der Waals surface area (Å²) in [7, 11) is 1.31. The van der Waals surface area contributed by atoms with E-state index < -0.39 is 24.0 Å². The molecule has 0 heterocycles. The molecule has 1 N–H and O–H groups in total. The first kappa shape index (κ1) is 14.5. The van der Waals surface area contributed by atoms with Gasteiger partial charge < -0.3 is 9.84 Å². The SMILES string of the molecule is COC(=O)C1(N(C(=O)CO)c2c(C)cccc2C)CC1. The number of carbonyl (C=O) groups excluding carboxylic acids is 2. The molecule has 1 aliphatic carbocycles.